The molecule has 1 saturated carbocycles. The highest BCUT2D eigenvalue weighted by Crippen LogP contribution is 2.40. The fourth-order valence-electron chi connectivity index (χ4n) is 3.04. The maximum absolute atomic E-state index is 11.7. The zero-order valence-electron chi connectivity index (χ0n) is 11.9. The summed E-state index contributed by atoms with van der Waals surface area (Å²) in [6, 6.07) is 3.98. The van der Waals surface area contributed by atoms with E-state index in [0.717, 1.165) is 12.1 Å². The van der Waals surface area contributed by atoms with Gasteiger partial charge in [0.05, 0.1) is 28.6 Å². The molecule has 0 amide bonds. The minimum absolute atomic E-state index is 0.158. The summed E-state index contributed by atoms with van der Waals surface area (Å²) >= 11 is 0. The summed E-state index contributed by atoms with van der Waals surface area (Å²) in [6.07, 6.45) is 5.02. The van der Waals surface area contributed by atoms with Crippen molar-refractivity contribution in [1.29, 1.82) is 0 Å². The molecule has 1 fully saturated rings. The van der Waals surface area contributed by atoms with Crippen LogP contribution in [-0.2, 0) is 0 Å². The lowest BCUT2D eigenvalue weighted by atomic mass is 9.87. The summed E-state index contributed by atoms with van der Waals surface area (Å²) in [7, 11) is 0. The average Bonchev–Trinajstić information content (AvgIpc) is 2.71. The first kappa shape index (κ1) is 13.0. The fourth-order valence-corrected chi connectivity index (χ4v) is 3.04. The average molecular weight is 272 g/mol. The third-order valence-electron chi connectivity index (χ3n) is 4.40. The van der Waals surface area contributed by atoms with Crippen LogP contribution >= 0.6 is 0 Å². The fraction of sp³-hybridized carbons (Fsp3) is 0.467. The molecule has 0 saturated heterocycles. The van der Waals surface area contributed by atoms with Gasteiger partial charge in [0.1, 0.15) is 0 Å². The minimum atomic E-state index is -0.158. The van der Waals surface area contributed by atoms with E-state index >= 15 is 0 Å². The van der Waals surface area contributed by atoms with Gasteiger partial charge in [-0.2, -0.15) is 0 Å². The number of nitrogens with zero attached hydrogens (tertiary/aromatic N) is 1. The molecule has 106 valence electrons. The summed E-state index contributed by atoms with van der Waals surface area (Å²) in [5.74, 6) is 0. The third-order valence-corrected chi connectivity index (χ3v) is 4.40. The molecule has 1 aromatic carbocycles. The molecule has 4 N–H and O–H groups in total. The van der Waals surface area contributed by atoms with Crippen molar-refractivity contribution in [3.05, 3.63) is 28.8 Å². The molecule has 5 nitrogen and oxygen atoms in total. The molecule has 3 rings (SSSR count). The molecule has 1 aromatic heterocycles. The topological polar surface area (TPSA) is 83.8 Å². The number of nitrogens with one attached hydrogen (secondary N) is 2. The number of fused-ring (bicyclic) bond motifs is 1. The Labute approximate surface area is 117 Å². The highest BCUT2D eigenvalue weighted by molar-refractivity contribution is 5.88. The molecular formula is C15H20N4O. The predicted octanol–water partition coefficient (Wildman–Crippen LogP) is 2.50. The van der Waals surface area contributed by atoms with E-state index in [-0.39, 0.29) is 11.0 Å². The lowest BCUT2D eigenvalue weighted by molar-refractivity contribution is 0.350. The number of anilines is 2. The Morgan fingerprint density at radius 1 is 1.45 bits per heavy atom. The molecule has 1 aliphatic carbocycles. The Kier molecular flexibility index (Phi) is 2.92. The number of H-pyrrole nitrogens is 1. The highest BCUT2D eigenvalue weighted by atomic mass is 16.1. The Morgan fingerprint density at radius 2 is 2.25 bits per heavy atom. The van der Waals surface area contributed by atoms with Crippen LogP contribution in [0.5, 0.6) is 0 Å². The summed E-state index contributed by atoms with van der Waals surface area (Å²) in [4.78, 5) is 18.5. The Hall–Kier alpha value is -2.04. The maximum atomic E-state index is 11.7. The molecule has 0 radical (unpaired) electrons. The van der Waals surface area contributed by atoms with E-state index < -0.39 is 0 Å². The molecule has 2 aromatic rings. The van der Waals surface area contributed by atoms with Crippen LogP contribution in [0.4, 0.5) is 11.4 Å². The normalized spacial score (nSPS) is 21.2. The van der Waals surface area contributed by atoms with E-state index in [1.807, 2.05) is 6.07 Å². The van der Waals surface area contributed by atoms with Crippen LogP contribution in [0.3, 0.4) is 0 Å². The van der Waals surface area contributed by atoms with Crippen molar-refractivity contribution in [2.75, 3.05) is 11.1 Å². The molecule has 1 aliphatic rings. The van der Waals surface area contributed by atoms with Gasteiger partial charge in [-0.15, -0.1) is 0 Å². The van der Waals surface area contributed by atoms with Gasteiger partial charge in [-0.3, -0.25) is 4.79 Å². The maximum Gasteiger partial charge on any atom is 0.258 e. The largest absolute Gasteiger partial charge is 0.397 e. The summed E-state index contributed by atoms with van der Waals surface area (Å²) in [6.45, 7) is 4.55. The van der Waals surface area contributed by atoms with E-state index in [2.05, 4.69) is 29.1 Å². The minimum Gasteiger partial charge on any atom is -0.397 e. The van der Waals surface area contributed by atoms with Crippen molar-refractivity contribution < 1.29 is 0 Å². The molecule has 0 aliphatic heterocycles. The first-order valence-corrected chi connectivity index (χ1v) is 7.01. The molecule has 20 heavy (non-hydrogen) atoms. The lowest BCUT2D eigenvalue weighted by Gasteiger charge is -2.29. The molecule has 1 heterocycles. The van der Waals surface area contributed by atoms with Gasteiger partial charge in [0.25, 0.3) is 5.56 Å². The van der Waals surface area contributed by atoms with Crippen molar-refractivity contribution in [3.8, 4) is 0 Å². The first-order valence-electron chi connectivity index (χ1n) is 7.01. The van der Waals surface area contributed by atoms with Crippen LogP contribution in [0.15, 0.2) is 23.3 Å². The summed E-state index contributed by atoms with van der Waals surface area (Å²) in [5.41, 5.74) is 8.32. The lowest BCUT2D eigenvalue weighted by Crippen LogP contribution is -2.31. The smallest absolute Gasteiger partial charge is 0.258 e. The number of benzene rings is 1. The SMILES string of the molecule is CC1(C)CCCC1Nc1cc2nc[nH]c(=O)c2cc1N. The second-order valence-electron chi connectivity index (χ2n) is 6.27. The Bertz CT molecular complexity index is 705. The van der Waals surface area contributed by atoms with Crippen molar-refractivity contribution in [2.45, 2.75) is 39.2 Å². The number of hydrogen-bond acceptors (Lipinski definition) is 4. The molecule has 1 atom stereocenters. The molecule has 0 spiro atoms. The van der Waals surface area contributed by atoms with Gasteiger partial charge in [-0.05, 0) is 30.4 Å². The van der Waals surface area contributed by atoms with Crippen LogP contribution in [0.2, 0.25) is 0 Å². The zero-order valence-corrected chi connectivity index (χ0v) is 11.9. The van der Waals surface area contributed by atoms with Crippen molar-refractivity contribution >= 4 is 22.3 Å². The molecule has 1 unspecified atom stereocenters. The zero-order chi connectivity index (χ0) is 14.3. The summed E-state index contributed by atoms with van der Waals surface area (Å²) < 4.78 is 0. The Balaban J connectivity index is 2.00. The predicted molar refractivity (Wildman–Crippen MR) is 81.8 cm³/mol. The molecule has 5 heteroatoms. The molecule has 0 bridgehead atoms. The third kappa shape index (κ3) is 2.13. The van der Waals surface area contributed by atoms with Crippen molar-refractivity contribution in [3.63, 3.8) is 0 Å². The van der Waals surface area contributed by atoms with Gasteiger partial charge in [0, 0.05) is 6.04 Å². The second-order valence-corrected chi connectivity index (χ2v) is 6.27. The number of nitrogens with two attached hydrogens (primary N) is 1. The number of nitrogen functional groups attached to an aromatic ring is 1. The van der Waals surface area contributed by atoms with Gasteiger partial charge in [0.2, 0.25) is 0 Å². The quantitative estimate of drug-likeness (QED) is 0.733. The number of aromatic nitrogens is 2. The highest BCUT2D eigenvalue weighted by Gasteiger charge is 2.34. The van der Waals surface area contributed by atoms with Crippen LogP contribution in [0.25, 0.3) is 10.9 Å². The second kappa shape index (κ2) is 4.51. The number of rotatable bonds is 2. The van der Waals surface area contributed by atoms with Crippen molar-refractivity contribution in [2.24, 2.45) is 5.41 Å². The van der Waals surface area contributed by atoms with Gasteiger partial charge in [-0.25, -0.2) is 4.98 Å². The number of aromatic amines is 1. The van der Waals surface area contributed by atoms with Gasteiger partial charge in [-0.1, -0.05) is 20.3 Å². The van der Waals surface area contributed by atoms with Crippen LogP contribution in [-0.4, -0.2) is 16.0 Å². The van der Waals surface area contributed by atoms with E-state index in [4.69, 9.17) is 5.73 Å². The summed E-state index contributed by atoms with van der Waals surface area (Å²) in [5, 5.41) is 4.06. The number of hydrogen-bond donors (Lipinski definition) is 3. The Morgan fingerprint density at radius 3 is 2.95 bits per heavy atom. The first-order chi connectivity index (χ1) is 9.47. The van der Waals surface area contributed by atoms with Crippen LogP contribution in [0.1, 0.15) is 33.1 Å². The van der Waals surface area contributed by atoms with Gasteiger partial charge >= 0.3 is 0 Å². The molecular weight excluding hydrogens is 252 g/mol. The van der Waals surface area contributed by atoms with Crippen molar-refractivity contribution in [1.82, 2.24) is 9.97 Å². The standard InChI is InChI=1S/C15H20N4O/c1-15(2)5-3-4-13(15)19-12-7-11-9(6-10(12)16)14(20)18-8-17-11/h6-8,13,19H,3-5,16H2,1-2H3,(H,17,18,20). The van der Waals surface area contributed by atoms with E-state index in [0.29, 0.717) is 22.6 Å². The van der Waals surface area contributed by atoms with E-state index in [1.165, 1.54) is 19.2 Å². The van der Waals surface area contributed by atoms with E-state index in [1.54, 1.807) is 6.07 Å². The van der Waals surface area contributed by atoms with Crippen LogP contribution in [0, 0.1) is 5.41 Å². The van der Waals surface area contributed by atoms with E-state index in [9.17, 15) is 4.79 Å². The van der Waals surface area contributed by atoms with Crippen LogP contribution < -0.4 is 16.6 Å². The monoisotopic (exact) mass is 272 g/mol. The van der Waals surface area contributed by atoms with Gasteiger partial charge < -0.3 is 16.0 Å². The van der Waals surface area contributed by atoms with Gasteiger partial charge in [0.15, 0.2) is 0 Å².